The fourth-order valence-electron chi connectivity index (χ4n) is 2.97. The predicted molar refractivity (Wildman–Crippen MR) is 123 cm³/mol. The quantitative estimate of drug-likeness (QED) is 0.422. The Morgan fingerprint density at radius 2 is 1.90 bits per heavy atom. The largest absolute Gasteiger partial charge is 0.493 e. The third-order valence-electron chi connectivity index (χ3n) is 4.69. The number of benzene rings is 2. The van der Waals surface area contributed by atoms with E-state index in [1.165, 1.54) is 29.7 Å². The van der Waals surface area contributed by atoms with Crippen LogP contribution in [0.2, 0.25) is 0 Å². The first-order chi connectivity index (χ1) is 14.7. The maximum Gasteiger partial charge on any atom is 0.161 e. The van der Waals surface area contributed by atoms with Crippen molar-refractivity contribution >= 4 is 22.6 Å². The van der Waals surface area contributed by atoms with E-state index in [0.717, 1.165) is 23.4 Å². The lowest BCUT2D eigenvalue weighted by atomic mass is 10.1. The second kappa shape index (κ2) is 10.5. The average molecular weight is 420 g/mol. The van der Waals surface area contributed by atoms with E-state index in [0.29, 0.717) is 22.1 Å². The molecule has 0 fully saturated rings. The number of unbranched alkanes of at least 4 members (excludes halogenated alkanes) is 1. The smallest absolute Gasteiger partial charge is 0.161 e. The highest BCUT2D eigenvalue weighted by Crippen LogP contribution is 2.33. The van der Waals surface area contributed by atoms with E-state index < -0.39 is 0 Å². The van der Waals surface area contributed by atoms with Crippen molar-refractivity contribution in [3.05, 3.63) is 64.6 Å². The standard InChI is InChI=1S/C24H25N3O2S/c1-4-5-6-17-7-10-20(11-8-17)26-15-19(14-25)24-27-21(16-30-24)18-9-12-22(28-2)23(13-18)29-3/h7-13,15-16,26H,4-6H2,1-3H3/b19-15+. The number of thiazole rings is 1. The van der Waals surface area contributed by atoms with Crippen LogP contribution < -0.4 is 14.8 Å². The van der Waals surface area contributed by atoms with Gasteiger partial charge in [-0.05, 0) is 48.7 Å². The van der Waals surface area contributed by atoms with Crippen LogP contribution in [0, 0.1) is 11.3 Å². The summed E-state index contributed by atoms with van der Waals surface area (Å²) in [6, 6.07) is 16.2. The van der Waals surface area contributed by atoms with E-state index >= 15 is 0 Å². The lowest BCUT2D eigenvalue weighted by Crippen LogP contribution is -1.92. The number of aryl methyl sites for hydroxylation is 1. The summed E-state index contributed by atoms with van der Waals surface area (Å²) in [6.45, 7) is 2.19. The first-order valence-electron chi connectivity index (χ1n) is 9.82. The van der Waals surface area contributed by atoms with Crippen molar-refractivity contribution in [3.63, 3.8) is 0 Å². The third kappa shape index (κ3) is 5.19. The van der Waals surface area contributed by atoms with E-state index in [1.54, 1.807) is 20.4 Å². The van der Waals surface area contributed by atoms with Gasteiger partial charge >= 0.3 is 0 Å². The minimum atomic E-state index is 0.488. The van der Waals surface area contributed by atoms with Gasteiger partial charge in [0.25, 0.3) is 0 Å². The summed E-state index contributed by atoms with van der Waals surface area (Å²) < 4.78 is 10.7. The van der Waals surface area contributed by atoms with E-state index in [9.17, 15) is 5.26 Å². The first kappa shape index (κ1) is 21.4. The van der Waals surface area contributed by atoms with Gasteiger partial charge in [-0.15, -0.1) is 11.3 Å². The van der Waals surface area contributed by atoms with Gasteiger partial charge in [-0.25, -0.2) is 4.98 Å². The van der Waals surface area contributed by atoms with Crippen LogP contribution in [0.4, 0.5) is 5.69 Å². The molecule has 6 heteroatoms. The molecular formula is C24H25N3O2S. The van der Waals surface area contributed by atoms with Crippen LogP contribution >= 0.6 is 11.3 Å². The molecule has 3 aromatic rings. The number of ether oxygens (including phenoxy) is 2. The van der Waals surface area contributed by atoms with E-state index in [2.05, 4.69) is 35.4 Å². The molecule has 0 bridgehead atoms. The number of nitrogens with one attached hydrogen (secondary N) is 1. The van der Waals surface area contributed by atoms with E-state index in [1.807, 2.05) is 35.7 Å². The molecule has 0 saturated heterocycles. The Hall–Kier alpha value is -3.30. The first-order valence-corrected chi connectivity index (χ1v) is 10.7. The van der Waals surface area contributed by atoms with Crippen molar-refractivity contribution in [1.29, 1.82) is 5.26 Å². The maximum absolute atomic E-state index is 9.60. The van der Waals surface area contributed by atoms with Crippen LogP contribution in [0.25, 0.3) is 16.8 Å². The van der Waals surface area contributed by atoms with Gasteiger partial charge in [-0.1, -0.05) is 25.5 Å². The molecule has 30 heavy (non-hydrogen) atoms. The molecule has 0 atom stereocenters. The fraction of sp³-hybridized carbons (Fsp3) is 0.250. The molecule has 3 rings (SSSR count). The van der Waals surface area contributed by atoms with Crippen LogP contribution in [-0.4, -0.2) is 19.2 Å². The molecule has 1 aromatic heterocycles. The Morgan fingerprint density at radius 3 is 2.57 bits per heavy atom. The highest BCUT2D eigenvalue weighted by atomic mass is 32.1. The van der Waals surface area contributed by atoms with Crippen LogP contribution in [0.1, 0.15) is 30.3 Å². The molecular weight excluding hydrogens is 394 g/mol. The lowest BCUT2D eigenvalue weighted by Gasteiger charge is -2.08. The van der Waals surface area contributed by atoms with Crippen molar-refractivity contribution in [2.24, 2.45) is 0 Å². The highest BCUT2D eigenvalue weighted by Gasteiger charge is 2.11. The van der Waals surface area contributed by atoms with Crippen molar-refractivity contribution in [2.75, 3.05) is 19.5 Å². The van der Waals surface area contributed by atoms with Gasteiger partial charge in [0.05, 0.1) is 19.9 Å². The van der Waals surface area contributed by atoms with Crippen LogP contribution in [0.5, 0.6) is 11.5 Å². The zero-order chi connectivity index (χ0) is 21.3. The molecule has 0 unspecified atom stereocenters. The molecule has 154 valence electrons. The monoisotopic (exact) mass is 419 g/mol. The summed E-state index contributed by atoms with van der Waals surface area (Å²) in [5, 5.41) is 15.4. The number of methoxy groups -OCH3 is 2. The van der Waals surface area contributed by atoms with Crippen molar-refractivity contribution in [1.82, 2.24) is 4.98 Å². The number of hydrogen-bond acceptors (Lipinski definition) is 6. The van der Waals surface area contributed by atoms with Crippen molar-refractivity contribution in [3.8, 4) is 28.8 Å². The number of allylic oxidation sites excluding steroid dienone is 1. The number of hydrogen-bond donors (Lipinski definition) is 1. The van der Waals surface area contributed by atoms with Crippen LogP contribution in [0.3, 0.4) is 0 Å². The Bertz CT molecular complexity index is 1050. The lowest BCUT2D eigenvalue weighted by molar-refractivity contribution is 0.355. The number of nitrogens with zero attached hydrogens (tertiary/aromatic N) is 2. The number of rotatable bonds is 9. The van der Waals surface area contributed by atoms with Crippen LogP contribution in [0.15, 0.2) is 54.0 Å². The molecule has 0 spiro atoms. The average Bonchev–Trinajstić information content (AvgIpc) is 3.28. The Balaban J connectivity index is 1.75. The van der Waals surface area contributed by atoms with E-state index in [-0.39, 0.29) is 0 Å². The molecule has 1 heterocycles. The zero-order valence-corrected chi connectivity index (χ0v) is 18.3. The van der Waals surface area contributed by atoms with Gasteiger partial charge in [-0.3, -0.25) is 0 Å². The fourth-order valence-corrected chi connectivity index (χ4v) is 3.77. The van der Waals surface area contributed by atoms with Gasteiger partial charge in [0, 0.05) is 22.8 Å². The van der Waals surface area contributed by atoms with Gasteiger partial charge in [0.2, 0.25) is 0 Å². The summed E-state index contributed by atoms with van der Waals surface area (Å²) in [7, 11) is 3.21. The molecule has 5 nitrogen and oxygen atoms in total. The molecule has 2 aromatic carbocycles. The Kier molecular flexibility index (Phi) is 7.47. The third-order valence-corrected chi connectivity index (χ3v) is 5.57. The molecule has 0 aliphatic rings. The van der Waals surface area contributed by atoms with Crippen molar-refractivity contribution < 1.29 is 9.47 Å². The van der Waals surface area contributed by atoms with Crippen LogP contribution in [-0.2, 0) is 6.42 Å². The highest BCUT2D eigenvalue weighted by molar-refractivity contribution is 7.11. The minimum Gasteiger partial charge on any atom is -0.493 e. The minimum absolute atomic E-state index is 0.488. The molecule has 1 N–H and O–H groups in total. The molecule has 0 saturated carbocycles. The topological polar surface area (TPSA) is 67.2 Å². The van der Waals surface area contributed by atoms with Gasteiger partial charge < -0.3 is 14.8 Å². The molecule has 0 amide bonds. The number of nitriles is 1. The van der Waals surface area contributed by atoms with Gasteiger partial charge in [-0.2, -0.15) is 5.26 Å². The molecule has 0 aliphatic carbocycles. The van der Waals surface area contributed by atoms with Gasteiger partial charge in [0.1, 0.15) is 16.6 Å². The summed E-state index contributed by atoms with van der Waals surface area (Å²) in [4.78, 5) is 4.63. The summed E-state index contributed by atoms with van der Waals surface area (Å²) >= 11 is 1.43. The summed E-state index contributed by atoms with van der Waals surface area (Å²) in [5.41, 5.74) is 4.45. The molecule has 0 radical (unpaired) electrons. The number of aromatic nitrogens is 1. The predicted octanol–water partition coefficient (Wildman–Crippen LogP) is 6.15. The number of anilines is 1. The zero-order valence-electron chi connectivity index (χ0n) is 17.4. The summed E-state index contributed by atoms with van der Waals surface area (Å²) in [6.07, 6.45) is 5.18. The Morgan fingerprint density at radius 1 is 1.13 bits per heavy atom. The van der Waals surface area contributed by atoms with E-state index in [4.69, 9.17) is 9.47 Å². The second-order valence-electron chi connectivity index (χ2n) is 6.72. The van der Waals surface area contributed by atoms with Gasteiger partial charge in [0.15, 0.2) is 11.5 Å². The molecule has 0 aliphatic heterocycles. The SMILES string of the molecule is CCCCc1ccc(N/C=C(\C#N)c2nc(-c3ccc(OC)c(OC)c3)cs2)cc1. The maximum atomic E-state index is 9.60. The second-order valence-corrected chi connectivity index (χ2v) is 7.58. The van der Waals surface area contributed by atoms with Crippen molar-refractivity contribution in [2.45, 2.75) is 26.2 Å². The summed E-state index contributed by atoms with van der Waals surface area (Å²) in [5.74, 6) is 1.31. The normalized spacial score (nSPS) is 11.1. The Labute approximate surface area is 181 Å².